The van der Waals surface area contributed by atoms with E-state index in [4.69, 9.17) is 0 Å². The summed E-state index contributed by atoms with van der Waals surface area (Å²) in [6, 6.07) is 19.8. The first kappa shape index (κ1) is 21.1. The molecule has 2 aromatic carbocycles. The van der Waals surface area contributed by atoms with Gasteiger partial charge in [-0.2, -0.15) is 0 Å². The van der Waals surface area contributed by atoms with E-state index in [2.05, 4.69) is 52.3 Å². The highest BCUT2D eigenvalue weighted by molar-refractivity contribution is 9.10. The first-order valence-electron chi connectivity index (χ1n) is 9.65. The van der Waals surface area contributed by atoms with Crippen molar-refractivity contribution in [3.05, 3.63) is 104 Å². The van der Waals surface area contributed by atoms with Gasteiger partial charge in [-0.1, -0.05) is 57.5 Å². The molecule has 29 heavy (non-hydrogen) atoms. The predicted molar refractivity (Wildman–Crippen MR) is 121 cm³/mol. The largest absolute Gasteiger partial charge is 0.411 e. The molecule has 1 heterocycles. The van der Waals surface area contributed by atoms with Crippen LogP contribution in [0.2, 0.25) is 0 Å². The molecule has 0 saturated carbocycles. The maximum absolute atomic E-state index is 12.1. The molecule has 1 aromatic heterocycles. The van der Waals surface area contributed by atoms with Crippen molar-refractivity contribution in [2.24, 2.45) is 5.16 Å². The summed E-state index contributed by atoms with van der Waals surface area (Å²) >= 11 is 3.50. The fourth-order valence-electron chi connectivity index (χ4n) is 3.57. The van der Waals surface area contributed by atoms with Crippen LogP contribution in [0.15, 0.2) is 81.3 Å². The Labute approximate surface area is 179 Å². The van der Waals surface area contributed by atoms with Gasteiger partial charge in [0, 0.05) is 40.7 Å². The van der Waals surface area contributed by atoms with Gasteiger partial charge in [0.2, 0.25) is 0 Å². The molecule has 0 saturated heterocycles. The summed E-state index contributed by atoms with van der Waals surface area (Å²) in [6.45, 7) is 6.01. The van der Waals surface area contributed by atoms with E-state index in [-0.39, 0.29) is 17.5 Å². The van der Waals surface area contributed by atoms with E-state index in [1.807, 2.05) is 38.1 Å². The molecule has 0 amide bonds. The number of halogens is 1. The maximum atomic E-state index is 12.1. The van der Waals surface area contributed by atoms with Gasteiger partial charge in [0.25, 0.3) is 5.56 Å². The first-order valence-corrected chi connectivity index (χ1v) is 10.4. The van der Waals surface area contributed by atoms with E-state index >= 15 is 0 Å². The fraction of sp³-hybridized carbons (Fsp3) is 0.250. The van der Waals surface area contributed by atoms with Gasteiger partial charge < -0.3 is 9.77 Å². The van der Waals surface area contributed by atoms with Crippen molar-refractivity contribution in [1.82, 2.24) is 4.57 Å². The molecule has 0 aliphatic carbocycles. The molecule has 5 heteroatoms. The normalized spacial score (nSPS) is 12.9. The number of hydrogen-bond acceptors (Lipinski definition) is 3. The summed E-state index contributed by atoms with van der Waals surface area (Å²) in [5.41, 5.74) is 4.75. The molecule has 0 fully saturated rings. The minimum atomic E-state index is -0.0654. The molecule has 0 radical (unpaired) electrons. The molecule has 0 bridgehead atoms. The molecule has 0 aliphatic rings. The van der Waals surface area contributed by atoms with Gasteiger partial charge in [-0.05, 0) is 55.7 Å². The summed E-state index contributed by atoms with van der Waals surface area (Å²) < 4.78 is 2.67. The van der Waals surface area contributed by atoms with E-state index in [0.717, 1.165) is 15.6 Å². The van der Waals surface area contributed by atoms with Gasteiger partial charge in [-0.3, -0.25) is 4.79 Å². The number of aromatic nitrogens is 1. The highest BCUT2D eigenvalue weighted by Crippen LogP contribution is 2.32. The highest BCUT2D eigenvalue weighted by Gasteiger charge is 2.21. The van der Waals surface area contributed by atoms with E-state index in [9.17, 15) is 10.0 Å². The Kier molecular flexibility index (Phi) is 6.70. The van der Waals surface area contributed by atoms with E-state index < -0.39 is 0 Å². The third kappa shape index (κ3) is 4.85. The van der Waals surface area contributed by atoms with Crippen molar-refractivity contribution in [3.8, 4) is 0 Å². The average molecular weight is 453 g/mol. The summed E-state index contributed by atoms with van der Waals surface area (Å²) in [6.07, 6.45) is 2.29. The SMILES string of the molecule is Cc1ccccc1C(CC(=NO)c1ccc(=O)n(C(C)C)c1)c1ccc(Br)cc1. The topological polar surface area (TPSA) is 54.6 Å². The zero-order chi connectivity index (χ0) is 21.0. The van der Waals surface area contributed by atoms with Crippen LogP contribution in [-0.2, 0) is 0 Å². The molecule has 0 spiro atoms. The number of nitrogens with zero attached hydrogens (tertiary/aromatic N) is 2. The summed E-state index contributed by atoms with van der Waals surface area (Å²) in [7, 11) is 0. The van der Waals surface area contributed by atoms with E-state index in [0.29, 0.717) is 12.1 Å². The van der Waals surface area contributed by atoms with Crippen LogP contribution < -0.4 is 5.56 Å². The lowest BCUT2D eigenvalue weighted by molar-refractivity contribution is 0.317. The molecular weight excluding hydrogens is 428 g/mol. The average Bonchev–Trinajstić information content (AvgIpc) is 2.71. The minimum absolute atomic E-state index is 0.0228. The van der Waals surface area contributed by atoms with Crippen LogP contribution >= 0.6 is 15.9 Å². The number of rotatable bonds is 6. The molecule has 150 valence electrons. The lowest BCUT2D eigenvalue weighted by Gasteiger charge is -2.21. The molecule has 3 aromatic rings. The second-order valence-electron chi connectivity index (χ2n) is 7.47. The molecular formula is C24H25BrN2O2. The second kappa shape index (κ2) is 9.23. The van der Waals surface area contributed by atoms with Gasteiger partial charge >= 0.3 is 0 Å². The Hall–Kier alpha value is -2.66. The zero-order valence-corrected chi connectivity index (χ0v) is 18.4. The van der Waals surface area contributed by atoms with E-state index in [1.54, 1.807) is 16.8 Å². The second-order valence-corrected chi connectivity index (χ2v) is 8.38. The van der Waals surface area contributed by atoms with Crippen LogP contribution in [0.5, 0.6) is 0 Å². The fourth-order valence-corrected chi connectivity index (χ4v) is 3.83. The van der Waals surface area contributed by atoms with Crippen LogP contribution in [0.3, 0.4) is 0 Å². The third-order valence-corrected chi connectivity index (χ3v) is 5.71. The smallest absolute Gasteiger partial charge is 0.250 e. The zero-order valence-electron chi connectivity index (χ0n) is 16.8. The van der Waals surface area contributed by atoms with Crippen molar-refractivity contribution in [2.75, 3.05) is 0 Å². The van der Waals surface area contributed by atoms with Crippen LogP contribution in [-0.4, -0.2) is 15.5 Å². The van der Waals surface area contributed by atoms with Gasteiger partial charge in [-0.15, -0.1) is 0 Å². The van der Waals surface area contributed by atoms with Crippen molar-refractivity contribution < 1.29 is 5.21 Å². The third-order valence-electron chi connectivity index (χ3n) is 5.18. The predicted octanol–water partition coefficient (Wildman–Crippen LogP) is 5.90. The van der Waals surface area contributed by atoms with Gasteiger partial charge in [-0.25, -0.2) is 0 Å². The Morgan fingerprint density at radius 3 is 2.38 bits per heavy atom. The summed E-state index contributed by atoms with van der Waals surface area (Å²) in [4.78, 5) is 12.1. The van der Waals surface area contributed by atoms with Gasteiger partial charge in [0.1, 0.15) is 0 Å². The Bertz CT molecular complexity index is 1070. The number of oxime groups is 1. The molecule has 3 rings (SSSR count). The van der Waals surface area contributed by atoms with Gasteiger partial charge in [0.05, 0.1) is 5.71 Å². The lowest BCUT2D eigenvalue weighted by Crippen LogP contribution is -2.22. The maximum Gasteiger partial charge on any atom is 0.250 e. The molecule has 4 nitrogen and oxygen atoms in total. The standard InChI is InChI=1S/C24H25BrN2O2/c1-16(2)27-15-19(10-13-24(27)28)23(26-29)14-22(18-8-11-20(25)12-9-18)21-7-5-4-6-17(21)3/h4-13,15-16,22,29H,14H2,1-3H3. The van der Waals surface area contributed by atoms with Crippen molar-refractivity contribution in [1.29, 1.82) is 0 Å². The van der Waals surface area contributed by atoms with Crippen LogP contribution in [0, 0.1) is 6.92 Å². The summed E-state index contributed by atoms with van der Waals surface area (Å²) in [5.74, 6) is 0.0228. The van der Waals surface area contributed by atoms with Crippen LogP contribution in [0.1, 0.15) is 54.5 Å². The molecule has 1 atom stereocenters. The van der Waals surface area contributed by atoms with Crippen molar-refractivity contribution in [2.45, 2.75) is 39.2 Å². The van der Waals surface area contributed by atoms with Crippen LogP contribution in [0.4, 0.5) is 0 Å². The van der Waals surface area contributed by atoms with Gasteiger partial charge in [0.15, 0.2) is 0 Å². The highest BCUT2D eigenvalue weighted by atomic mass is 79.9. The van der Waals surface area contributed by atoms with Crippen molar-refractivity contribution >= 4 is 21.6 Å². The quantitative estimate of drug-likeness (QED) is 0.287. The Morgan fingerprint density at radius 1 is 1.07 bits per heavy atom. The molecule has 1 unspecified atom stereocenters. The molecule has 1 N–H and O–H groups in total. The van der Waals surface area contributed by atoms with E-state index in [1.165, 1.54) is 17.2 Å². The Balaban J connectivity index is 2.05. The van der Waals surface area contributed by atoms with Crippen LogP contribution in [0.25, 0.3) is 0 Å². The lowest BCUT2D eigenvalue weighted by atomic mass is 9.83. The number of hydrogen-bond donors (Lipinski definition) is 1. The minimum Gasteiger partial charge on any atom is -0.411 e. The van der Waals surface area contributed by atoms with Crippen molar-refractivity contribution in [3.63, 3.8) is 0 Å². The summed E-state index contributed by atoms with van der Waals surface area (Å²) in [5, 5.41) is 13.4. The Morgan fingerprint density at radius 2 is 1.76 bits per heavy atom. The monoisotopic (exact) mass is 452 g/mol. The number of benzene rings is 2. The first-order chi connectivity index (χ1) is 13.9. The number of aryl methyl sites for hydroxylation is 1. The number of pyridine rings is 1. The molecule has 0 aliphatic heterocycles.